The molecular formula is C12H26Cl2N4O2. The fourth-order valence-electron chi connectivity index (χ4n) is 2.29. The molecule has 1 atom stereocenters. The predicted molar refractivity (Wildman–Crippen MR) is 84.4 cm³/mol. The van der Waals surface area contributed by atoms with Crippen LogP contribution in [0.15, 0.2) is 0 Å². The lowest BCUT2D eigenvalue weighted by atomic mass is 9.98. The van der Waals surface area contributed by atoms with E-state index in [1.807, 2.05) is 0 Å². The highest BCUT2D eigenvalue weighted by Gasteiger charge is 2.20. The van der Waals surface area contributed by atoms with Crippen LogP contribution in [-0.4, -0.2) is 68.4 Å². The molecule has 3 N–H and O–H groups in total. The number of hydrogen-bond donors (Lipinski definition) is 2. The molecule has 1 fully saturated rings. The first-order valence-corrected chi connectivity index (χ1v) is 6.42. The molecule has 0 saturated carbocycles. The fraction of sp³-hybridized carbons (Fsp3) is 0.833. The average Bonchev–Trinajstić information content (AvgIpc) is 2.35. The van der Waals surface area contributed by atoms with E-state index >= 15 is 0 Å². The van der Waals surface area contributed by atoms with Gasteiger partial charge in [-0.15, -0.1) is 24.8 Å². The zero-order valence-corrected chi connectivity index (χ0v) is 13.8. The second-order valence-corrected chi connectivity index (χ2v) is 5.03. The van der Waals surface area contributed by atoms with Gasteiger partial charge in [-0.3, -0.25) is 9.59 Å². The molecule has 1 unspecified atom stereocenters. The van der Waals surface area contributed by atoms with Gasteiger partial charge in [0.1, 0.15) is 0 Å². The Morgan fingerprint density at radius 2 is 2.05 bits per heavy atom. The van der Waals surface area contributed by atoms with Gasteiger partial charge in [-0.25, -0.2) is 0 Å². The molecule has 120 valence electrons. The Balaban J connectivity index is 0. The SMILES string of the molecule is CN1CCCC(CN(C)C(=O)CNC(=O)CN)C1.Cl.Cl. The summed E-state index contributed by atoms with van der Waals surface area (Å²) in [6.07, 6.45) is 2.35. The number of nitrogens with one attached hydrogen (secondary N) is 1. The van der Waals surface area contributed by atoms with Crippen LogP contribution in [0.3, 0.4) is 0 Å². The van der Waals surface area contributed by atoms with Gasteiger partial charge in [-0.1, -0.05) is 0 Å². The normalized spacial score (nSPS) is 18.4. The van der Waals surface area contributed by atoms with E-state index < -0.39 is 0 Å². The molecule has 1 heterocycles. The molecule has 0 aromatic heterocycles. The minimum atomic E-state index is -0.297. The zero-order chi connectivity index (χ0) is 13.5. The Bertz CT molecular complexity index is 305. The van der Waals surface area contributed by atoms with Crippen molar-refractivity contribution in [3.63, 3.8) is 0 Å². The summed E-state index contributed by atoms with van der Waals surface area (Å²) in [6, 6.07) is 0. The molecule has 0 bridgehead atoms. The molecule has 1 saturated heterocycles. The van der Waals surface area contributed by atoms with Crippen LogP contribution in [-0.2, 0) is 9.59 Å². The van der Waals surface area contributed by atoms with Gasteiger partial charge in [0.15, 0.2) is 0 Å². The molecule has 1 rings (SSSR count). The fourth-order valence-corrected chi connectivity index (χ4v) is 2.29. The summed E-state index contributed by atoms with van der Waals surface area (Å²) in [7, 11) is 3.89. The largest absolute Gasteiger partial charge is 0.346 e. The topological polar surface area (TPSA) is 78.7 Å². The van der Waals surface area contributed by atoms with E-state index in [1.165, 1.54) is 6.42 Å². The summed E-state index contributed by atoms with van der Waals surface area (Å²) >= 11 is 0. The number of likely N-dealkylation sites (N-methyl/N-ethyl adjacent to an activating group) is 1. The van der Waals surface area contributed by atoms with Gasteiger partial charge in [-0.2, -0.15) is 0 Å². The second-order valence-electron chi connectivity index (χ2n) is 5.03. The number of rotatable bonds is 5. The van der Waals surface area contributed by atoms with Crippen molar-refractivity contribution in [2.24, 2.45) is 11.7 Å². The minimum absolute atomic E-state index is 0. The number of halogens is 2. The smallest absolute Gasteiger partial charge is 0.241 e. The Kier molecular flexibility index (Phi) is 12.1. The number of likely N-dealkylation sites (tertiary alicyclic amines) is 1. The average molecular weight is 329 g/mol. The molecule has 0 aliphatic carbocycles. The summed E-state index contributed by atoms with van der Waals surface area (Å²) in [5, 5.41) is 2.49. The predicted octanol–water partition coefficient (Wildman–Crippen LogP) is -0.295. The van der Waals surface area contributed by atoms with Gasteiger partial charge in [0.05, 0.1) is 13.1 Å². The van der Waals surface area contributed by atoms with E-state index in [0.29, 0.717) is 5.92 Å². The molecule has 1 aliphatic heterocycles. The van der Waals surface area contributed by atoms with Crippen LogP contribution < -0.4 is 11.1 Å². The monoisotopic (exact) mass is 328 g/mol. The van der Waals surface area contributed by atoms with Gasteiger partial charge in [0.25, 0.3) is 0 Å². The first kappa shape index (κ1) is 21.7. The summed E-state index contributed by atoms with van der Waals surface area (Å²) in [4.78, 5) is 26.7. The molecule has 0 aromatic rings. The third kappa shape index (κ3) is 7.89. The minimum Gasteiger partial charge on any atom is -0.346 e. The summed E-state index contributed by atoms with van der Waals surface area (Å²) < 4.78 is 0. The van der Waals surface area contributed by atoms with Crippen molar-refractivity contribution in [3.8, 4) is 0 Å². The summed E-state index contributed by atoms with van der Waals surface area (Å²) in [5.41, 5.74) is 5.16. The molecule has 0 radical (unpaired) electrons. The van der Waals surface area contributed by atoms with Crippen LogP contribution in [0.2, 0.25) is 0 Å². The van der Waals surface area contributed by atoms with Gasteiger partial charge in [0, 0.05) is 20.1 Å². The molecule has 0 aromatic carbocycles. The lowest BCUT2D eigenvalue weighted by Gasteiger charge is -2.32. The number of nitrogens with zero attached hydrogens (tertiary/aromatic N) is 2. The highest BCUT2D eigenvalue weighted by Crippen LogP contribution is 2.15. The first-order valence-electron chi connectivity index (χ1n) is 6.42. The number of hydrogen-bond acceptors (Lipinski definition) is 4. The van der Waals surface area contributed by atoms with Crippen LogP contribution in [0, 0.1) is 5.92 Å². The molecule has 0 spiro atoms. The van der Waals surface area contributed by atoms with E-state index in [9.17, 15) is 9.59 Å². The van der Waals surface area contributed by atoms with Crippen LogP contribution in [0.4, 0.5) is 0 Å². The van der Waals surface area contributed by atoms with E-state index in [2.05, 4.69) is 17.3 Å². The molecule has 6 nitrogen and oxygen atoms in total. The van der Waals surface area contributed by atoms with Crippen molar-refractivity contribution in [1.82, 2.24) is 15.1 Å². The molecular weight excluding hydrogens is 303 g/mol. The third-order valence-electron chi connectivity index (χ3n) is 3.30. The summed E-state index contributed by atoms with van der Waals surface area (Å²) in [6.45, 7) is 2.88. The molecule has 8 heteroatoms. The van der Waals surface area contributed by atoms with Gasteiger partial charge in [0.2, 0.25) is 11.8 Å². The molecule has 20 heavy (non-hydrogen) atoms. The maximum atomic E-state index is 11.8. The number of carbonyl (C=O) groups excluding carboxylic acids is 2. The maximum absolute atomic E-state index is 11.8. The van der Waals surface area contributed by atoms with Crippen molar-refractivity contribution >= 4 is 36.6 Å². The Labute approximate surface area is 133 Å². The third-order valence-corrected chi connectivity index (χ3v) is 3.30. The van der Waals surface area contributed by atoms with Crippen LogP contribution >= 0.6 is 24.8 Å². The van der Waals surface area contributed by atoms with Crippen LogP contribution in [0.5, 0.6) is 0 Å². The quantitative estimate of drug-likeness (QED) is 0.726. The Morgan fingerprint density at radius 3 is 2.60 bits per heavy atom. The standard InChI is InChI=1S/C12H24N4O2.2ClH/c1-15-5-3-4-10(8-15)9-16(2)12(18)7-14-11(17)6-13;;/h10H,3-9,13H2,1-2H3,(H,14,17);2*1H. The van der Waals surface area contributed by atoms with Crippen molar-refractivity contribution in [1.29, 1.82) is 0 Å². The van der Waals surface area contributed by atoms with Crippen LogP contribution in [0.1, 0.15) is 12.8 Å². The highest BCUT2D eigenvalue weighted by molar-refractivity contribution is 5.86. The molecule has 2 amide bonds. The number of amides is 2. The van der Waals surface area contributed by atoms with E-state index in [-0.39, 0.29) is 49.7 Å². The van der Waals surface area contributed by atoms with E-state index in [4.69, 9.17) is 5.73 Å². The van der Waals surface area contributed by atoms with Crippen molar-refractivity contribution in [2.45, 2.75) is 12.8 Å². The Hall–Kier alpha value is -0.560. The van der Waals surface area contributed by atoms with Gasteiger partial charge in [-0.05, 0) is 32.4 Å². The second kappa shape index (κ2) is 11.1. The maximum Gasteiger partial charge on any atom is 0.241 e. The highest BCUT2D eigenvalue weighted by atomic mass is 35.5. The molecule has 1 aliphatic rings. The Morgan fingerprint density at radius 1 is 1.40 bits per heavy atom. The van der Waals surface area contributed by atoms with Crippen molar-refractivity contribution in [2.75, 3.05) is 46.8 Å². The lowest BCUT2D eigenvalue weighted by molar-refractivity contribution is -0.132. The van der Waals surface area contributed by atoms with E-state index in [0.717, 1.165) is 26.1 Å². The van der Waals surface area contributed by atoms with Crippen molar-refractivity contribution < 1.29 is 9.59 Å². The van der Waals surface area contributed by atoms with Gasteiger partial charge < -0.3 is 20.9 Å². The van der Waals surface area contributed by atoms with Crippen LogP contribution in [0.25, 0.3) is 0 Å². The summed E-state index contributed by atoms with van der Waals surface area (Å²) in [5.74, 6) is 0.169. The number of piperidine rings is 1. The number of nitrogens with two attached hydrogens (primary N) is 1. The number of carbonyl (C=O) groups is 2. The van der Waals surface area contributed by atoms with Crippen molar-refractivity contribution in [3.05, 3.63) is 0 Å². The van der Waals surface area contributed by atoms with Gasteiger partial charge >= 0.3 is 0 Å². The van der Waals surface area contributed by atoms with E-state index in [1.54, 1.807) is 11.9 Å². The lowest BCUT2D eigenvalue weighted by Crippen LogP contribution is -2.44. The first-order chi connectivity index (χ1) is 8.52. The zero-order valence-electron chi connectivity index (χ0n) is 12.1.